The van der Waals surface area contributed by atoms with Crippen LogP contribution >= 0.6 is 11.3 Å². The van der Waals surface area contributed by atoms with Crippen LogP contribution in [0.3, 0.4) is 0 Å². The predicted molar refractivity (Wildman–Crippen MR) is 112 cm³/mol. The van der Waals surface area contributed by atoms with Crippen molar-refractivity contribution >= 4 is 27.2 Å². The molecule has 3 aromatic rings. The summed E-state index contributed by atoms with van der Waals surface area (Å²) in [5, 5.41) is 9.37. The molecule has 156 valence electrons. The summed E-state index contributed by atoms with van der Waals surface area (Å²) in [6.45, 7) is 13.2. The first kappa shape index (κ1) is 19.3. The molecule has 2 aliphatic rings. The number of ether oxygens (including phenoxy) is 2. The zero-order valence-corrected chi connectivity index (χ0v) is 18.1. The Kier molecular flexibility index (Phi) is 5.03. The number of nitrogens with zero attached hydrogens (tertiary/aromatic N) is 5. The Bertz CT molecular complexity index is 1040. The molecule has 29 heavy (non-hydrogen) atoms. The highest BCUT2D eigenvalue weighted by atomic mass is 32.1. The molecule has 0 aliphatic carbocycles. The number of rotatable bonds is 5. The van der Waals surface area contributed by atoms with Crippen LogP contribution in [0.5, 0.6) is 0 Å². The van der Waals surface area contributed by atoms with E-state index >= 15 is 0 Å². The maximum absolute atomic E-state index is 6.00. The number of hydrogen-bond acceptors (Lipinski definition) is 8. The van der Waals surface area contributed by atoms with Gasteiger partial charge in [-0.1, -0.05) is 0 Å². The van der Waals surface area contributed by atoms with Gasteiger partial charge in [-0.25, -0.2) is 9.97 Å². The number of aromatic nitrogens is 4. The first-order chi connectivity index (χ1) is 14.0. The molecule has 9 heteroatoms. The summed E-state index contributed by atoms with van der Waals surface area (Å²) in [6, 6.07) is 0. The van der Waals surface area contributed by atoms with Crippen molar-refractivity contribution in [2.75, 3.05) is 39.4 Å². The van der Waals surface area contributed by atoms with Crippen LogP contribution < -0.4 is 5.32 Å². The molecule has 1 N–H and O–H groups in total. The van der Waals surface area contributed by atoms with Crippen molar-refractivity contribution in [2.24, 2.45) is 0 Å². The van der Waals surface area contributed by atoms with Gasteiger partial charge in [-0.15, -0.1) is 16.4 Å². The molecule has 1 fully saturated rings. The lowest BCUT2D eigenvalue weighted by atomic mass is 9.94. The summed E-state index contributed by atoms with van der Waals surface area (Å²) < 4.78 is 13.3. The fourth-order valence-corrected chi connectivity index (χ4v) is 5.26. The van der Waals surface area contributed by atoms with E-state index in [1.807, 2.05) is 11.4 Å². The van der Waals surface area contributed by atoms with Crippen molar-refractivity contribution in [3.05, 3.63) is 22.1 Å². The lowest BCUT2D eigenvalue weighted by molar-refractivity contribution is -0.0379. The number of morpholine rings is 1. The smallest absolute Gasteiger partial charge is 0.168 e. The van der Waals surface area contributed by atoms with Gasteiger partial charge in [-0.2, -0.15) is 4.52 Å². The lowest BCUT2D eigenvalue weighted by Gasteiger charge is -2.30. The molecule has 0 spiro atoms. The molecule has 0 aromatic carbocycles. The normalized spacial score (nSPS) is 19.8. The predicted octanol–water partition coefficient (Wildman–Crippen LogP) is 1.92. The molecule has 3 aromatic heterocycles. The van der Waals surface area contributed by atoms with Crippen molar-refractivity contribution in [1.82, 2.24) is 29.8 Å². The molecule has 0 radical (unpaired) electrons. The Balaban J connectivity index is 1.38. The molecule has 0 atom stereocenters. The van der Waals surface area contributed by atoms with E-state index in [0.717, 1.165) is 73.3 Å². The van der Waals surface area contributed by atoms with Crippen LogP contribution in [0.2, 0.25) is 0 Å². The van der Waals surface area contributed by atoms with Crippen LogP contribution in [0, 0.1) is 6.92 Å². The van der Waals surface area contributed by atoms with Gasteiger partial charge in [0, 0.05) is 37.5 Å². The molecular weight excluding hydrogens is 388 g/mol. The highest BCUT2D eigenvalue weighted by Crippen LogP contribution is 2.39. The molecule has 0 saturated carbocycles. The van der Waals surface area contributed by atoms with Crippen LogP contribution in [0.25, 0.3) is 15.9 Å². The van der Waals surface area contributed by atoms with E-state index in [0.29, 0.717) is 13.2 Å². The highest BCUT2D eigenvalue weighted by molar-refractivity contribution is 7.19. The summed E-state index contributed by atoms with van der Waals surface area (Å²) in [7, 11) is 0. The van der Waals surface area contributed by atoms with E-state index in [4.69, 9.17) is 24.5 Å². The van der Waals surface area contributed by atoms with E-state index in [9.17, 15) is 0 Å². The van der Waals surface area contributed by atoms with Crippen LogP contribution in [0.15, 0.2) is 0 Å². The Morgan fingerprint density at radius 3 is 2.86 bits per heavy atom. The summed E-state index contributed by atoms with van der Waals surface area (Å²) in [5.74, 6) is 1.69. The van der Waals surface area contributed by atoms with E-state index in [1.54, 1.807) is 11.3 Å². The Hall–Kier alpha value is -1.65. The average Bonchev–Trinajstić information content (AvgIpc) is 3.26. The summed E-state index contributed by atoms with van der Waals surface area (Å²) in [6.07, 6.45) is 0.878. The molecule has 2 aliphatic heterocycles. The van der Waals surface area contributed by atoms with Gasteiger partial charge >= 0.3 is 0 Å². The minimum Gasteiger partial charge on any atom is -0.379 e. The minimum atomic E-state index is -0.160. The van der Waals surface area contributed by atoms with Crippen LogP contribution in [-0.4, -0.2) is 69.5 Å². The Morgan fingerprint density at radius 1 is 1.21 bits per heavy atom. The standard InChI is InChI=1S/C20H28N6O2S/c1-13-22-19-17(14-10-20(2,3)28-12-15(14)29-19)18-23-16(24-26(13)18)11-21-4-5-25-6-8-27-9-7-25/h21H,4-12H2,1-3H3. The third-order valence-corrected chi connectivity index (χ3v) is 6.80. The van der Waals surface area contributed by atoms with Gasteiger partial charge < -0.3 is 14.8 Å². The second-order valence-electron chi connectivity index (χ2n) is 8.46. The Morgan fingerprint density at radius 2 is 2.03 bits per heavy atom. The van der Waals surface area contributed by atoms with Gasteiger partial charge in [0.25, 0.3) is 0 Å². The molecular formula is C20H28N6O2S. The molecule has 0 bridgehead atoms. The summed E-state index contributed by atoms with van der Waals surface area (Å²) in [4.78, 5) is 14.4. The first-order valence-corrected chi connectivity index (χ1v) is 11.1. The van der Waals surface area contributed by atoms with Gasteiger partial charge in [0.05, 0.1) is 37.4 Å². The fraction of sp³-hybridized carbons (Fsp3) is 0.650. The number of thiophene rings is 1. The summed E-state index contributed by atoms with van der Waals surface area (Å²) >= 11 is 1.73. The SMILES string of the molecule is Cc1nc2sc3c(c2c2nc(CNCCN4CCOCC4)nn12)CC(C)(C)OC3. The largest absolute Gasteiger partial charge is 0.379 e. The first-order valence-electron chi connectivity index (χ1n) is 10.3. The molecule has 5 heterocycles. The Labute approximate surface area is 174 Å². The van der Waals surface area contributed by atoms with E-state index in [1.165, 1.54) is 10.4 Å². The average molecular weight is 417 g/mol. The van der Waals surface area contributed by atoms with Crippen LogP contribution in [-0.2, 0) is 29.0 Å². The maximum atomic E-state index is 6.00. The van der Waals surface area contributed by atoms with E-state index < -0.39 is 0 Å². The third-order valence-electron chi connectivity index (χ3n) is 5.70. The molecule has 1 saturated heterocycles. The van der Waals surface area contributed by atoms with Crippen molar-refractivity contribution in [1.29, 1.82) is 0 Å². The quantitative estimate of drug-likeness (QED) is 0.637. The number of fused-ring (bicyclic) bond motifs is 5. The van der Waals surface area contributed by atoms with Gasteiger partial charge in [-0.05, 0) is 26.3 Å². The van der Waals surface area contributed by atoms with Crippen molar-refractivity contribution < 1.29 is 9.47 Å². The topological polar surface area (TPSA) is 76.8 Å². The lowest BCUT2D eigenvalue weighted by Crippen LogP contribution is -2.40. The van der Waals surface area contributed by atoms with Gasteiger partial charge in [0.2, 0.25) is 0 Å². The summed E-state index contributed by atoms with van der Waals surface area (Å²) in [5.41, 5.74) is 2.10. The molecule has 0 unspecified atom stereocenters. The van der Waals surface area contributed by atoms with Crippen molar-refractivity contribution in [3.8, 4) is 0 Å². The number of hydrogen-bond donors (Lipinski definition) is 1. The molecule has 5 rings (SSSR count). The highest BCUT2D eigenvalue weighted by Gasteiger charge is 2.31. The number of nitrogens with one attached hydrogen (secondary N) is 1. The monoisotopic (exact) mass is 416 g/mol. The van der Waals surface area contributed by atoms with E-state index in [-0.39, 0.29) is 5.60 Å². The molecule has 0 amide bonds. The van der Waals surface area contributed by atoms with Gasteiger partial charge in [0.15, 0.2) is 11.5 Å². The van der Waals surface area contributed by atoms with Crippen LogP contribution in [0.4, 0.5) is 0 Å². The molecule has 8 nitrogen and oxygen atoms in total. The van der Waals surface area contributed by atoms with Gasteiger partial charge in [0.1, 0.15) is 10.7 Å². The number of aryl methyl sites for hydroxylation is 1. The second kappa shape index (κ2) is 7.55. The maximum Gasteiger partial charge on any atom is 0.168 e. The third kappa shape index (κ3) is 3.77. The second-order valence-corrected chi connectivity index (χ2v) is 9.55. The van der Waals surface area contributed by atoms with Crippen molar-refractivity contribution in [3.63, 3.8) is 0 Å². The van der Waals surface area contributed by atoms with Gasteiger partial charge in [-0.3, -0.25) is 4.90 Å². The van der Waals surface area contributed by atoms with E-state index in [2.05, 4.69) is 24.1 Å². The zero-order valence-electron chi connectivity index (χ0n) is 17.3. The van der Waals surface area contributed by atoms with Crippen LogP contribution in [0.1, 0.15) is 35.9 Å². The van der Waals surface area contributed by atoms with Crippen molar-refractivity contribution in [2.45, 2.75) is 45.9 Å². The minimum absolute atomic E-state index is 0.160. The fourth-order valence-electron chi connectivity index (χ4n) is 4.12. The zero-order chi connectivity index (χ0) is 20.0.